The van der Waals surface area contributed by atoms with E-state index in [9.17, 15) is 0 Å². The van der Waals surface area contributed by atoms with Gasteiger partial charge in [0.1, 0.15) is 11.6 Å². The number of methoxy groups -OCH3 is 1. The molecule has 0 radical (unpaired) electrons. The molecule has 0 spiro atoms. The van der Waals surface area contributed by atoms with Crippen LogP contribution in [0.5, 0.6) is 5.75 Å². The summed E-state index contributed by atoms with van der Waals surface area (Å²) in [5, 5.41) is 15.3. The molecule has 9 heteroatoms. The van der Waals surface area contributed by atoms with Crippen molar-refractivity contribution in [2.45, 2.75) is 58.7 Å². The lowest BCUT2D eigenvalue weighted by molar-refractivity contribution is 0.159. The number of likely N-dealkylation sites (tertiary alicyclic amines) is 1. The second kappa shape index (κ2) is 13.6. The highest BCUT2D eigenvalue weighted by molar-refractivity contribution is 14.0. The largest absolute Gasteiger partial charge is 0.497 e. The summed E-state index contributed by atoms with van der Waals surface area (Å²) in [6.07, 6.45) is 5.10. The molecule has 1 saturated heterocycles. The molecule has 178 valence electrons. The second-order valence-corrected chi connectivity index (χ2v) is 8.25. The van der Waals surface area contributed by atoms with Gasteiger partial charge in [0.25, 0.3) is 0 Å². The van der Waals surface area contributed by atoms with E-state index in [4.69, 9.17) is 9.73 Å². The monoisotopic (exact) mass is 555 g/mol. The van der Waals surface area contributed by atoms with Gasteiger partial charge in [-0.05, 0) is 57.4 Å². The molecule has 2 aromatic rings. The van der Waals surface area contributed by atoms with E-state index < -0.39 is 0 Å². The van der Waals surface area contributed by atoms with E-state index in [0.717, 1.165) is 48.4 Å². The van der Waals surface area contributed by atoms with Gasteiger partial charge in [-0.25, -0.2) is 4.99 Å². The molecule has 0 amide bonds. The number of aliphatic imine (C=N–C) groups is 1. The zero-order valence-corrected chi connectivity index (χ0v) is 22.1. The summed E-state index contributed by atoms with van der Waals surface area (Å²) in [4.78, 5) is 7.39. The van der Waals surface area contributed by atoms with Crippen molar-refractivity contribution in [3.63, 3.8) is 0 Å². The first-order chi connectivity index (χ1) is 15.1. The zero-order valence-electron chi connectivity index (χ0n) is 19.8. The Hall–Kier alpha value is -1.88. The van der Waals surface area contributed by atoms with E-state index in [0.29, 0.717) is 19.1 Å². The molecular weight excluding hydrogens is 517 g/mol. The third-order valence-corrected chi connectivity index (χ3v) is 6.03. The molecule has 2 N–H and O–H groups in total. The van der Waals surface area contributed by atoms with Crippen molar-refractivity contribution in [2.24, 2.45) is 12.0 Å². The van der Waals surface area contributed by atoms with E-state index in [1.54, 1.807) is 7.11 Å². The molecule has 1 aliphatic heterocycles. The topological polar surface area (TPSA) is 79.6 Å². The Bertz CT molecular complexity index is 837. The summed E-state index contributed by atoms with van der Waals surface area (Å²) in [6, 6.07) is 8.73. The predicted molar refractivity (Wildman–Crippen MR) is 140 cm³/mol. The first-order valence-corrected chi connectivity index (χ1v) is 11.3. The summed E-state index contributed by atoms with van der Waals surface area (Å²) in [7, 11) is 3.66. The van der Waals surface area contributed by atoms with Crippen molar-refractivity contribution in [3.8, 4) is 5.75 Å². The van der Waals surface area contributed by atoms with Gasteiger partial charge in [0.05, 0.1) is 20.2 Å². The molecule has 3 rings (SSSR count). The Labute approximate surface area is 209 Å². The molecule has 2 heterocycles. The van der Waals surface area contributed by atoms with Crippen molar-refractivity contribution in [1.82, 2.24) is 30.3 Å². The Kier molecular flexibility index (Phi) is 11.2. The minimum absolute atomic E-state index is 0. The lowest BCUT2D eigenvalue weighted by Crippen LogP contribution is -2.41. The van der Waals surface area contributed by atoms with Crippen LogP contribution in [0, 0.1) is 6.92 Å². The quantitative estimate of drug-likeness (QED) is 0.214. The Morgan fingerprint density at radius 3 is 2.62 bits per heavy atom. The number of halogens is 1. The van der Waals surface area contributed by atoms with Gasteiger partial charge in [-0.2, -0.15) is 0 Å². The standard InChI is InChI=1S/C23H37N7O.HI/c1-18-8-5-6-14-30(18)15-7-13-24-23(26-17-22-28-27-19(2)29(22)3)25-16-20-9-11-21(31-4)12-10-20;/h9-12,18H,5-8,13-17H2,1-4H3,(H2,24,25,26);1H. The summed E-state index contributed by atoms with van der Waals surface area (Å²) >= 11 is 0. The smallest absolute Gasteiger partial charge is 0.191 e. The average molecular weight is 556 g/mol. The highest BCUT2D eigenvalue weighted by Gasteiger charge is 2.17. The number of ether oxygens (including phenoxy) is 1. The van der Waals surface area contributed by atoms with Gasteiger partial charge < -0.3 is 24.8 Å². The summed E-state index contributed by atoms with van der Waals surface area (Å²) in [5.41, 5.74) is 1.14. The SMILES string of the molecule is COc1ccc(CN=C(NCCCN2CCCCC2C)NCc2nnc(C)n2C)cc1.I. The van der Waals surface area contributed by atoms with Gasteiger partial charge in [-0.15, -0.1) is 34.2 Å². The second-order valence-electron chi connectivity index (χ2n) is 8.25. The number of aryl methyl sites for hydroxylation is 1. The number of benzene rings is 1. The minimum atomic E-state index is 0. The number of guanidine groups is 1. The Morgan fingerprint density at radius 2 is 1.97 bits per heavy atom. The van der Waals surface area contributed by atoms with E-state index in [1.165, 1.54) is 25.8 Å². The van der Waals surface area contributed by atoms with Gasteiger partial charge in [-0.1, -0.05) is 18.6 Å². The summed E-state index contributed by atoms with van der Waals surface area (Å²) < 4.78 is 7.23. The number of hydrogen-bond donors (Lipinski definition) is 2. The van der Waals surface area contributed by atoms with Crippen molar-refractivity contribution >= 4 is 29.9 Å². The molecule has 1 atom stereocenters. The van der Waals surface area contributed by atoms with Crippen LogP contribution in [0.1, 0.15) is 49.8 Å². The van der Waals surface area contributed by atoms with Crippen LogP contribution in [-0.4, -0.2) is 58.4 Å². The fraction of sp³-hybridized carbons (Fsp3) is 0.609. The van der Waals surface area contributed by atoms with Crippen molar-refractivity contribution < 1.29 is 4.74 Å². The van der Waals surface area contributed by atoms with Crippen LogP contribution in [0.4, 0.5) is 0 Å². The fourth-order valence-corrected chi connectivity index (χ4v) is 3.82. The number of hydrogen-bond acceptors (Lipinski definition) is 5. The molecule has 0 aliphatic carbocycles. The number of piperidine rings is 1. The molecule has 32 heavy (non-hydrogen) atoms. The molecule has 8 nitrogen and oxygen atoms in total. The van der Waals surface area contributed by atoms with E-state index in [1.807, 2.05) is 42.8 Å². The van der Waals surface area contributed by atoms with Gasteiger partial charge in [0, 0.05) is 26.2 Å². The van der Waals surface area contributed by atoms with Crippen molar-refractivity contribution in [1.29, 1.82) is 0 Å². The maximum absolute atomic E-state index is 5.24. The fourth-order valence-electron chi connectivity index (χ4n) is 3.82. The van der Waals surface area contributed by atoms with Crippen LogP contribution in [-0.2, 0) is 20.1 Å². The third-order valence-electron chi connectivity index (χ3n) is 6.03. The lowest BCUT2D eigenvalue weighted by atomic mass is 10.0. The number of rotatable bonds is 9. The Balaban J connectivity index is 0.00000363. The highest BCUT2D eigenvalue weighted by atomic mass is 127. The molecule has 0 bridgehead atoms. The number of nitrogens with one attached hydrogen (secondary N) is 2. The van der Waals surface area contributed by atoms with E-state index >= 15 is 0 Å². The van der Waals surface area contributed by atoms with Gasteiger partial charge in [0.2, 0.25) is 0 Å². The van der Waals surface area contributed by atoms with Gasteiger partial charge >= 0.3 is 0 Å². The maximum atomic E-state index is 5.24. The molecule has 0 saturated carbocycles. The molecule has 1 aromatic heterocycles. The zero-order chi connectivity index (χ0) is 22.1. The maximum Gasteiger partial charge on any atom is 0.191 e. The van der Waals surface area contributed by atoms with Crippen LogP contribution in [0.25, 0.3) is 0 Å². The first kappa shape index (κ1) is 26.4. The van der Waals surface area contributed by atoms with Crippen LogP contribution < -0.4 is 15.4 Å². The summed E-state index contributed by atoms with van der Waals surface area (Å²) in [5.74, 6) is 3.44. The molecule has 1 fully saturated rings. The Morgan fingerprint density at radius 1 is 1.19 bits per heavy atom. The molecule has 1 unspecified atom stereocenters. The van der Waals surface area contributed by atoms with E-state index in [-0.39, 0.29) is 24.0 Å². The minimum Gasteiger partial charge on any atom is -0.497 e. The molecular formula is C23H38IN7O. The van der Waals surface area contributed by atoms with Crippen molar-refractivity contribution in [3.05, 3.63) is 41.5 Å². The number of nitrogens with zero attached hydrogens (tertiary/aromatic N) is 5. The predicted octanol–water partition coefficient (Wildman–Crippen LogP) is 3.25. The lowest BCUT2D eigenvalue weighted by Gasteiger charge is -2.33. The third kappa shape index (κ3) is 7.91. The van der Waals surface area contributed by atoms with Crippen LogP contribution >= 0.6 is 24.0 Å². The van der Waals surface area contributed by atoms with Crippen LogP contribution in [0.3, 0.4) is 0 Å². The van der Waals surface area contributed by atoms with Crippen LogP contribution in [0.2, 0.25) is 0 Å². The highest BCUT2D eigenvalue weighted by Crippen LogP contribution is 2.16. The van der Waals surface area contributed by atoms with E-state index in [2.05, 4.69) is 32.7 Å². The van der Waals surface area contributed by atoms with Crippen molar-refractivity contribution in [2.75, 3.05) is 26.7 Å². The normalized spacial score (nSPS) is 17.0. The number of aromatic nitrogens is 3. The average Bonchev–Trinajstić information content (AvgIpc) is 3.11. The van der Waals surface area contributed by atoms with Crippen LogP contribution in [0.15, 0.2) is 29.3 Å². The molecule has 1 aromatic carbocycles. The first-order valence-electron chi connectivity index (χ1n) is 11.3. The van der Waals surface area contributed by atoms with Gasteiger partial charge in [-0.3, -0.25) is 0 Å². The summed E-state index contributed by atoms with van der Waals surface area (Å²) in [6.45, 7) is 8.71. The molecule has 1 aliphatic rings. The van der Waals surface area contributed by atoms with Gasteiger partial charge in [0.15, 0.2) is 11.8 Å².